The fourth-order valence-electron chi connectivity index (χ4n) is 2.80. The number of anilines is 3. The molecule has 2 N–H and O–H groups in total. The normalized spacial score (nSPS) is 13.8. The molecule has 1 fully saturated rings. The molecule has 0 bridgehead atoms. The summed E-state index contributed by atoms with van der Waals surface area (Å²) in [7, 11) is 1.21. The van der Waals surface area contributed by atoms with Crippen molar-refractivity contribution in [3.8, 4) is 17.0 Å². The van der Waals surface area contributed by atoms with Crippen LogP contribution in [0.4, 0.5) is 30.6 Å². The number of hydrogen-bond acceptors (Lipinski definition) is 6. The largest absolute Gasteiger partial charge is 0.496 e. The molecule has 29 heavy (non-hydrogen) atoms. The third-order valence-electron chi connectivity index (χ3n) is 4.37. The Morgan fingerprint density at radius 1 is 1.10 bits per heavy atom. The fraction of sp³-hybridized carbons (Fsp3) is 0.250. The number of alkyl halides is 3. The van der Waals surface area contributed by atoms with Crippen molar-refractivity contribution < 1.29 is 17.9 Å². The maximum atomic E-state index is 13.3. The summed E-state index contributed by atoms with van der Waals surface area (Å²) in [6.45, 7) is 0. The van der Waals surface area contributed by atoms with E-state index in [1.54, 1.807) is 24.5 Å². The van der Waals surface area contributed by atoms with Crippen LogP contribution in [0.5, 0.6) is 5.75 Å². The standard InChI is InChI=1S/C20H18F3N5O/c1-29-17-7-6-14(9-15(17)20(21,22)23)25-18-10-16(12-3-2-8-24-11-12)27-19(28-18)26-13-4-5-13/h2-3,6-11,13H,4-5H2,1H3,(H2,25,26,27,28). The van der Waals surface area contributed by atoms with E-state index in [-0.39, 0.29) is 11.4 Å². The molecular formula is C20H18F3N5O. The van der Waals surface area contributed by atoms with Crippen LogP contribution in [-0.4, -0.2) is 28.1 Å². The topological polar surface area (TPSA) is 72.0 Å². The molecule has 0 atom stereocenters. The molecule has 1 aromatic carbocycles. The number of pyridine rings is 1. The Kier molecular flexibility index (Phi) is 4.96. The van der Waals surface area contributed by atoms with E-state index in [4.69, 9.17) is 4.74 Å². The first kappa shape index (κ1) is 19.0. The Morgan fingerprint density at radius 2 is 1.93 bits per heavy atom. The minimum absolute atomic E-state index is 0.238. The first-order chi connectivity index (χ1) is 13.9. The summed E-state index contributed by atoms with van der Waals surface area (Å²) in [5, 5.41) is 6.17. The van der Waals surface area contributed by atoms with Crippen LogP contribution in [0.2, 0.25) is 0 Å². The summed E-state index contributed by atoms with van der Waals surface area (Å²) < 4.78 is 44.7. The van der Waals surface area contributed by atoms with Gasteiger partial charge in [0.2, 0.25) is 5.95 Å². The Labute approximate surface area is 165 Å². The number of benzene rings is 1. The molecule has 6 nitrogen and oxygen atoms in total. The summed E-state index contributed by atoms with van der Waals surface area (Å²) >= 11 is 0. The highest BCUT2D eigenvalue weighted by Gasteiger charge is 2.34. The molecular weight excluding hydrogens is 383 g/mol. The Bertz CT molecular complexity index is 1010. The Balaban J connectivity index is 1.69. The minimum atomic E-state index is -4.53. The van der Waals surface area contributed by atoms with Gasteiger partial charge in [0.1, 0.15) is 11.6 Å². The highest BCUT2D eigenvalue weighted by atomic mass is 19.4. The van der Waals surface area contributed by atoms with Crippen LogP contribution in [0.3, 0.4) is 0 Å². The molecule has 1 saturated carbocycles. The third kappa shape index (κ3) is 4.56. The molecule has 3 aromatic rings. The average molecular weight is 401 g/mol. The van der Waals surface area contributed by atoms with Crippen LogP contribution in [0.1, 0.15) is 18.4 Å². The van der Waals surface area contributed by atoms with E-state index >= 15 is 0 Å². The van der Waals surface area contributed by atoms with Gasteiger partial charge in [-0.15, -0.1) is 0 Å². The van der Waals surface area contributed by atoms with Crippen LogP contribution in [0, 0.1) is 0 Å². The van der Waals surface area contributed by atoms with Gasteiger partial charge in [-0.2, -0.15) is 18.2 Å². The molecule has 1 aliphatic rings. The smallest absolute Gasteiger partial charge is 0.420 e. The zero-order valence-corrected chi connectivity index (χ0v) is 15.5. The van der Waals surface area contributed by atoms with Gasteiger partial charge in [-0.05, 0) is 43.2 Å². The van der Waals surface area contributed by atoms with Crippen molar-refractivity contribution in [2.24, 2.45) is 0 Å². The van der Waals surface area contributed by atoms with Crippen LogP contribution >= 0.6 is 0 Å². The molecule has 0 radical (unpaired) electrons. The third-order valence-corrected chi connectivity index (χ3v) is 4.37. The molecule has 1 aliphatic carbocycles. The average Bonchev–Trinajstić information content (AvgIpc) is 3.52. The molecule has 2 aromatic heterocycles. The number of rotatable bonds is 6. The lowest BCUT2D eigenvalue weighted by Gasteiger charge is -2.15. The van der Waals surface area contributed by atoms with Crippen molar-refractivity contribution in [3.63, 3.8) is 0 Å². The maximum Gasteiger partial charge on any atom is 0.420 e. The van der Waals surface area contributed by atoms with Gasteiger partial charge in [0.15, 0.2) is 0 Å². The lowest BCUT2D eigenvalue weighted by molar-refractivity contribution is -0.138. The number of aromatic nitrogens is 3. The number of halogens is 3. The zero-order valence-electron chi connectivity index (χ0n) is 15.5. The second kappa shape index (κ2) is 7.57. The quantitative estimate of drug-likeness (QED) is 0.613. The number of ether oxygens (including phenoxy) is 1. The van der Waals surface area contributed by atoms with Crippen LogP contribution in [0.25, 0.3) is 11.3 Å². The predicted octanol–water partition coefficient (Wildman–Crippen LogP) is 4.88. The van der Waals surface area contributed by atoms with Crippen molar-refractivity contribution in [3.05, 3.63) is 54.4 Å². The highest BCUT2D eigenvalue weighted by Crippen LogP contribution is 2.38. The Morgan fingerprint density at radius 3 is 2.59 bits per heavy atom. The second-order valence-corrected chi connectivity index (χ2v) is 6.66. The van der Waals surface area contributed by atoms with E-state index in [0.29, 0.717) is 23.5 Å². The molecule has 0 spiro atoms. The molecule has 0 saturated heterocycles. The van der Waals surface area contributed by atoms with Crippen molar-refractivity contribution in [1.29, 1.82) is 0 Å². The van der Waals surface area contributed by atoms with Gasteiger partial charge in [0, 0.05) is 35.8 Å². The summed E-state index contributed by atoms with van der Waals surface area (Å²) in [6.07, 6.45) is 0.868. The van der Waals surface area contributed by atoms with Gasteiger partial charge in [-0.1, -0.05) is 0 Å². The van der Waals surface area contributed by atoms with Crippen molar-refractivity contribution in [2.45, 2.75) is 25.1 Å². The number of methoxy groups -OCH3 is 1. The van der Waals surface area contributed by atoms with E-state index < -0.39 is 11.7 Å². The van der Waals surface area contributed by atoms with Gasteiger partial charge in [0.25, 0.3) is 0 Å². The minimum Gasteiger partial charge on any atom is -0.496 e. The lowest BCUT2D eigenvalue weighted by atomic mass is 10.1. The van der Waals surface area contributed by atoms with Crippen LogP contribution in [-0.2, 0) is 6.18 Å². The van der Waals surface area contributed by atoms with Gasteiger partial charge in [0.05, 0.1) is 18.4 Å². The van der Waals surface area contributed by atoms with Gasteiger partial charge < -0.3 is 15.4 Å². The van der Waals surface area contributed by atoms with Gasteiger partial charge in [-0.3, -0.25) is 4.98 Å². The van der Waals surface area contributed by atoms with Crippen LogP contribution < -0.4 is 15.4 Å². The molecule has 4 rings (SSSR count). The van der Waals surface area contributed by atoms with E-state index in [9.17, 15) is 13.2 Å². The SMILES string of the molecule is COc1ccc(Nc2cc(-c3cccnc3)nc(NC3CC3)n2)cc1C(F)(F)F. The maximum absolute atomic E-state index is 13.3. The van der Waals surface area contributed by atoms with Crippen LogP contribution in [0.15, 0.2) is 48.8 Å². The number of hydrogen-bond donors (Lipinski definition) is 2. The van der Waals surface area contributed by atoms with E-state index in [0.717, 1.165) is 24.5 Å². The first-order valence-corrected chi connectivity index (χ1v) is 9.00. The first-order valence-electron chi connectivity index (χ1n) is 9.00. The van der Waals surface area contributed by atoms with Crippen molar-refractivity contribution in [2.75, 3.05) is 17.7 Å². The number of nitrogens with zero attached hydrogens (tertiary/aromatic N) is 3. The van der Waals surface area contributed by atoms with Crippen molar-refractivity contribution >= 4 is 17.5 Å². The van der Waals surface area contributed by atoms with E-state index in [2.05, 4.69) is 25.6 Å². The lowest BCUT2D eigenvalue weighted by Crippen LogP contribution is -2.09. The van der Waals surface area contributed by atoms with Crippen molar-refractivity contribution in [1.82, 2.24) is 15.0 Å². The highest BCUT2D eigenvalue weighted by molar-refractivity contribution is 5.67. The van der Waals surface area contributed by atoms with Gasteiger partial charge >= 0.3 is 6.18 Å². The monoisotopic (exact) mass is 401 g/mol. The van der Waals surface area contributed by atoms with E-state index in [1.807, 2.05) is 6.07 Å². The molecule has 0 amide bonds. The number of nitrogens with one attached hydrogen (secondary N) is 2. The second-order valence-electron chi connectivity index (χ2n) is 6.66. The molecule has 0 unspecified atom stereocenters. The molecule has 9 heteroatoms. The summed E-state index contributed by atoms with van der Waals surface area (Å²) in [6, 6.07) is 9.42. The predicted molar refractivity (Wildman–Crippen MR) is 103 cm³/mol. The Hall–Kier alpha value is -3.36. The van der Waals surface area contributed by atoms with E-state index in [1.165, 1.54) is 19.2 Å². The molecule has 2 heterocycles. The molecule has 150 valence electrons. The fourth-order valence-corrected chi connectivity index (χ4v) is 2.80. The van der Waals surface area contributed by atoms with Gasteiger partial charge in [-0.25, -0.2) is 4.98 Å². The summed E-state index contributed by atoms with van der Waals surface area (Å²) in [5.74, 6) is 0.555. The molecule has 0 aliphatic heterocycles. The summed E-state index contributed by atoms with van der Waals surface area (Å²) in [4.78, 5) is 13.0. The zero-order chi connectivity index (χ0) is 20.4. The summed E-state index contributed by atoms with van der Waals surface area (Å²) in [5.41, 5.74) is 0.778.